The zero-order valence-corrected chi connectivity index (χ0v) is 8.86. The van der Waals surface area contributed by atoms with Gasteiger partial charge in [0.25, 0.3) is 0 Å². The van der Waals surface area contributed by atoms with Gasteiger partial charge in [-0.25, -0.2) is 0 Å². The molecule has 0 aliphatic carbocycles. The van der Waals surface area contributed by atoms with Crippen LogP contribution in [0.4, 0.5) is 0 Å². The first-order valence-corrected chi connectivity index (χ1v) is 5.78. The fourth-order valence-corrected chi connectivity index (χ4v) is 2.12. The monoisotopic (exact) mass is 192 g/mol. The second-order valence-corrected chi connectivity index (χ2v) is 4.17. The molecule has 0 aromatic heterocycles. The molecule has 78 valence electrons. The van der Waals surface area contributed by atoms with Crippen LogP contribution in [0.5, 0.6) is 0 Å². The highest BCUT2D eigenvalue weighted by Crippen LogP contribution is 2.08. The second-order valence-electron chi connectivity index (χ2n) is 4.17. The minimum atomic E-state index is 1.24. The number of likely N-dealkylation sites (tertiary alicyclic amines) is 2. The van der Waals surface area contributed by atoms with Gasteiger partial charge in [0.1, 0.15) is 0 Å². The lowest BCUT2D eigenvalue weighted by Gasteiger charge is -2.10. The summed E-state index contributed by atoms with van der Waals surface area (Å²) in [5, 5.41) is 0. The van der Waals surface area contributed by atoms with Gasteiger partial charge in [-0.2, -0.15) is 0 Å². The van der Waals surface area contributed by atoms with Gasteiger partial charge in [-0.3, -0.25) is 0 Å². The van der Waals surface area contributed by atoms with E-state index >= 15 is 0 Å². The first-order valence-electron chi connectivity index (χ1n) is 5.78. The predicted octanol–water partition coefficient (Wildman–Crippen LogP) is 2.21. The smallest absolute Gasteiger partial charge is 0.0173 e. The highest BCUT2D eigenvalue weighted by molar-refractivity contribution is 5.02. The van der Waals surface area contributed by atoms with Crippen LogP contribution < -0.4 is 0 Å². The Bertz CT molecular complexity index is 184. The van der Waals surface area contributed by atoms with E-state index in [0.29, 0.717) is 0 Å². The molecule has 0 N–H and O–H groups in total. The quantitative estimate of drug-likeness (QED) is 0.633. The summed E-state index contributed by atoms with van der Waals surface area (Å²) >= 11 is 0. The van der Waals surface area contributed by atoms with Gasteiger partial charge in [0.15, 0.2) is 0 Å². The third-order valence-electron chi connectivity index (χ3n) is 2.99. The highest BCUT2D eigenvalue weighted by Gasteiger charge is 2.06. The molecule has 0 atom stereocenters. The van der Waals surface area contributed by atoms with Crippen LogP contribution in [-0.4, -0.2) is 36.0 Å². The predicted molar refractivity (Wildman–Crippen MR) is 59.9 cm³/mol. The van der Waals surface area contributed by atoms with E-state index in [1.807, 2.05) is 0 Å². The molecule has 2 aliphatic rings. The van der Waals surface area contributed by atoms with Crippen molar-refractivity contribution in [2.75, 3.05) is 26.2 Å². The molecule has 0 unspecified atom stereocenters. The Kier molecular flexibility index (Phi) is 3.50. The third-order valence-corrected chi connectivity index (χ3v) is 2.99. The van der Waals surface area contributed by atoms with Crippen LogP contribution in [0.25, 0.3) is 0 Å². The molecule has 0 saturated carbocycles. The van der Waals surface area contributed by atoms with Gasteiger partial charge in [-0.05, 0) is 50.2 Å². The van der Waals surface area contributed by atoms with Crippen molar-refractivity contribution in [2.45, 2.75) is 25.7 Å². The third kappa shape index (κ3) is 2.79. The Morgan fingerprint density at radius 2 is 0.929 bits per heavy atom. The van der Waals surface area contributed by atoms with E-state index in [2.05, 4.69) is 34.4 Å². The van der Waals surface area contributed by atoms with E-state index in [4.69, 9.17) is 0 Å². The number of hydrogen-bond acceptors (Lipinski definition) is 2. The maximum Gasteiger partial charge on any atom is 0.0173 e. The largest absolute Gasteiger partial charge is 0.377 e. The van der Waals surface area contributed by atoms with Gasteiger partial charge in [0, 0.05) is 26.2 Å². The van der Waals surface area contributed by atoms with Crippen molar-refractivity contribution in [3.8, 4) is 0 Å². The summed E-state index contributed by atoms with van der Waals surface area (Å²) in [7, 11) is 0. The average Bonchev–Trinajstić information content (AvgIpc) is 2.86. The van der Waals surface area contributed by atoms with Gasteiger partial charge >= 0.3 is 0 Å². The molecule has 2 heterocycles. The van der Waals surface area contributed by atoms with Crippen molar-refractivity contribution in [2.24, 2.45) is 0 Å². The maximum absolute atomic E-state index is 2.40. The zero-order valence-electron chi connectivity index (χ0n) is 8.86. The molecule has 2 nitrogen and oxygen atoms in total. The first kappa shape index (κ1) is 9.63. The summed E-state index contributed by atoms with van der Waals surface area (Å²) in [5.41, 5.74) is 0. The highest BCUT2D eigenvalue weighted by atomic mass is 15.1. The standard InChI is InChI=1S/C12H20N2/c1-2-8-13(7-1)11-5-6-12-14-9-3-4-10-14/h5-6,11-12H,1-4,7-10H2/b11-5+,12-6+. The van der Waals surface area contributed by atoms with E-state index in [0.717, 1.165) is 0 Å². The molecule has 0 bridgehead atoms. The Morgan fingerprint density at radius 3 is 1.29 bits per heavy atom. The van der Waals surface area contributed by atoms with Crippen LogP contribution in [0.1, 0.15) is 25.7 Å². The first-order chi connectivity index (χ1) is 6.95. The van der Waals surface area contributed by atoms with Gasteiger partial charge in [-0.1, -0.05) is 0 Å². The van der Waals surface area contributed by atoms with Gasteiger partial charge in [0.2, 0.25) is 0 Å². The van der Waals surface area contributed by atoms with Crippen molar-refractivity contribution in [1.82, 2.24) is 9.80 Å². The molecular weight excluding hydrogens is 172 g/mol. The fourth-order valence-electron chi connectivity index (χ4n) is 2.12. The normalized spacial score (nSPS) is 23.4. The Labute approximate surface area is 86.9 Å². The molecule has 2 saturated heterocycles. The molecule has 0 aromatic rings. The number of hydrogen-bond donors (Lipinski definition) is 0. The lowest BCUT2D eigenvalue weighted by molar-refractivity contribution is 0.464. The Hall–Kier alpha value is -0.920. The molecule has 14 heavy (non-hydrogen) atoms. The fraction of sp³-hybridized carbons (Fsp3) is 0.667. The Balaban J connectivity index is 1.69. The van der Waals surface area contributed by atoms with Gasteiger partial charge in [0.05, 0.1) is 0 Å². The van der Waals surface area contributed by atoms with Crippen molar-refractivity contribution in [1.29, 1.82) is 0 Å². The van der Waals surface area contributed by atoms with Crippen LogP contribution in [-0.2, 0) is 0 Å². The molecule has 2 rings (SSSR count). The van der Waals surface area contributed by atoms with Gasteiger partial charge < -0.3 is 9.80 Å². The van der Waals surface area contributed by atoms with E-state index in [9.17, 15) is 0 Å². The Morgan fingerprint density at radius 1 is 0.571 bits per heavy atom. The van der Waals surface area contributed by atoms with E-state index in [1.54, 1.807) is 0 Å². The molecule has 0 aromatic carbocycles. The lowest BCUT2D eigenvalue weighted by Crippen LogP contribution is -2.11. The minimum absolute atomic E-state index is 1.24. The summed E-state index contributed by atoms with van der Waals surface area (Å²) in [6, 6.07) is 0. The van der Waals surface area contributed by atoms with Crippen LogP contribution in [0.3, 0.4) is 0 Å². The van der Waals surface area contributed by atoms with Crippen molar-refractivity contribution in [3.63, 3.8) is 0 Å². The molecule has 2 aliphatic heterocycles. The molecule has 0 radical (unpaired) electrons. The molecule has 0 amide bonds. The average molecular weight is 192 g/mol. The summed E-state index contributed by atoms with van der Waals surface area (Å²) in [6.07, 6.45) is 14.2. The van der Waals surface area contributed by atoms with Crippen LogP contribution in [0.15, 0.2) is 24.6 Å². The molecule has 2 heteroatoms. The van der Waals surface area contributed by atoms with E-state index in [-0.39, 0.29) is 0 Å². The summed E-state index contributed by atoms with van der Waals surface area (Å²) in [6.45, 7) is 4.98. The zero-order chi connectivity index (χ0) is 9.64. The van der Waals surface area contributed by atoms with Crippen LogP contribution in [0, 0.1) is 0 Å². The molecule has 0 spiro atoms. The van der Waals surface area contributed by atoms with Crippen LogP contribution >= 0.6 is 0 Å². The van der Waals surface area contributed by atoms with Gasteiger partial charge in [-0.15, -0.1) is 0 Å². The number of allylic oxidation sites excluding steroid dienone is 2. The second kappa shape index (κ2) is 5.08. The van der Waals surface area contributed by atoms with Crippen LogP contribution in [0.2, 0.25) is 0 Å². The number of nitrogens with zero attached hydrogens (tertiary/aromatic N) is 2. The van der Waals surface area contributed by atoms with E-state index < -0.39 is 0 Å². The van der Waals surface area contributed by atoms with Crippen molar-refractivity contribution >= 4 is 0 Å². The SMILES string of the molecule is C(/C=C/N1CCCC1)=C\N1CCCC1. The molecular formula is C12H20N2. The summed E-state index contributed by atoms with van der Waals surface area (Å²) < 4.78 is 0. The molecule has 2 fully saturated rings. The van der Waals surface area contributed by atoms with Crippen molar-refractivity contribution < 1.29 is 0 Å². The van der Waals surface area contributed by atoms with E-state index in [1.165, 1.54) is 51.9 Å². The lowest BCUT2D eigenvalue weighted by atomic mass is 10.4. The summed E-state index contributed by atoms with van der Waals surface area (Å²) in [5.74, 6) is 0. The maximum atomic E-state index is 2.40. The summed E-state index contributed by atoms with van der Waals surface area (Å²) in [4.78, 5) is 4.79. The number of rotatable bonds is 3. The topological polar surface area (TPSA) is 6.48 Å². The van der Waals surface area contributed by atoms with Crippen molar-refractivity contribution in [3.05, 3.63) is 24.6 Å². The minimum Gasteiger partial charge on any atom is -0.377 e.